The summed E-state index contributed by atoms with van der Waals surface area (Å²) in [5.41, 5.74) is 0. The van der Waals surface area contributed by atoms with Crippen LogP contribution >= 0.6 is 0 Å². The number of nitrogens with one attached hydrogen (secondary N) is 2. The van der Waals surface area contributed by atoms with Crippen molar-refractivity contribution in [3.8, 4) is 0 Å². The van der Waals surface area contributed by atoms with Gasteiger partial charge in [-0.25, -0.2) is 0 Å². The first-order valence-electron chi connectivity index (χ1n) is 7.78. The Labute approximate surface area is 118 Å². The highest BCUT2D eigenvalue weighted by Gasteiger charge is 2.24. The van der Waals surface area contributed by atoms with Gasteiger partial charge in [-0.3, -0.25) is 4.79 Å². The summed E-state index contributed by atoms with van der Waals surface area (Å²) in [5, 5.41) is 6.30. The molecule has 112 valence electrons. The zero-order valence-electron chi connectivity index (χ0n) is 13.0. The Morgan fingerprint density at radius 1 is 1.37 bits per heavy atom. The number of likely N-dealkylation sites (tertiary alicyclic amines) is 1. The molecule has 0 bridgehead atoms. The van der Waals surface area contributed by atoms with Crippen molar-refractivity contribution in [1.29, 1.82) is 0 Å². The maximum atomic E-state index is 11.6. The van der Waals surface area contributed by atoms with Gasteiger partial charge in [-0.05, 0) is 59.0 Å². The molecule has 0 saturated carbocycles. The van der Waals surface area contributed by atoms with E-state index in [4.69, 9.17) is 0 Å². The van der Waals surface area contributed by atoms with Crippen molar-refractivity contribution in [3.05, 3.63) is 0 Å². The van der Waals surface area contributed by atoms with Crippen LogP contribution in [0.25, 0.3) is 0 Å². The van der Waals surface area contributed by atoms with Gasteiger partial charge in [-0.15, -0.1) is 0 Å². The monoisotopic (exact) mass is 269 g/mol. The second-order valence-electron chi connectivity index (χ2n) is 6.09. The summed E-state index contributed by atoms with van der Waals surface area (Å²) in [6.07, 6.45) is 3.79. The molecule has 2 atom stereocenters. The fourth-order valence-electron chi connectivity index (χ4n) is 2.81. The minimum absolute atomic E-state index is 0.100. The predicted molar refractivity (Wildman–Crippen MR) is 80.2 cm³/mol. The lowest BCUT2D eigenvalue weighted by molar-refractivity contribution is -0.120. The van der Waals surface area contributed by atoms with Gasteiger partial charge in [0.2, 0.25) is 5.91 Å². The SMILES string of the molecule is CCCN1CCCC(C(C)NCC(=O)NC(C)C)C1. The van der Waals surface area contributed by atoms with Crippen LogP contribution in [0.15, 0.2) is 0 Å². The van der Waals surface area contributed by atoms with Gasteiger partial charge in [0.25, 0.3) is 0 Å². The molecule has 0 aromatic rings. The van der Waals surface area contributed by atoms with Crippen molar-refractivity contribution in [2.45, 2.75) is 59.0 Å². The Morgan fingerprint density at radius 3 is 2.74 bits per heavy atom. The van der Waals surface area contributed by atoms with Crippen molar-refractivity contribution in [2.75, 3.05) is 26.2 Å². The fourth-order valence-corrected chi connectivity index (χ4v) is 2.81. The molecule has 1 saturated heterocycles. The molecule has 1 aliphatic heterocycles. The third kappa shape index (κ3) is 6.39. The van der Waals surface area contributed by atoms with Gasteiger partial charge in [-0.2, -0.15) is 0 Å². The summed E-state index contributed by atoms with van der Waals surface area (Å²) in [7, 11) is 0. The number of hydrogen-bond acceptors (Lipinski definition) is 3. The Kier molecular flexibility index (Phi) is 7.39. The van der Waals surface area contributed by atoms with Crippen LogP contribution < -0.4 is 10.6 Å². The number of amides is 1. The van der Waals surface area contributed by atoms with Crippen LogP contribution in [-0.2, 0) is 4.79 Å². The quantitative estimate of drug-likeness (QED) is 0.738. The number of carbonyl (C=O) groups is 1. The van der Waals surface area contributed by atoms with E-state index in [1.54, 1.807) is 0 Å². The standard InChI is InChI=1S/C15H31N3O/c1-5-8-18-9-6-7-14(11-18)13(4)16-10-15(19)17-12(2)3/h12-14,16H,5-11H2,1-4H3,(H,17,19). The smallest absolute Gasteiger partial charge is 0.234 e. The summed E-state index contributed by atoms with van der Waals surface area (Å²) in [5.74, 6) is 0.773. The molecule has 2 unspecified atom stereocenters. The molecule has 2 N–H and O–H groups in total. The second kappa shape index (κ2) is 8.54. The number of carbonyl (C=O) groups excluding carboxylic acids is 1. The van der Waals surface area contributed by atoms with Crippen molar-refractivity contribution in [3.63, 3.8) is 0 Å². The summed E-state index contributed by atoms with van der Waals surface area (Å²) >= 11 is 0. The Hall–Kier alpha value is -0.610. The summed E-state index contributed by atoms with van der Waals surface area (Å²) in [6, 6.07) is 0.636. The van der Waals surface area contributed by atoms with Crippen LogP contribution in [0.5, 0.6) is 0 Å². The Morgan fingerprint density at radius 2 is 2.11 bits per heavy atom. The van der Waals surface area contributed by atoms with Gasteiger partial charge in [-0.1, -0.05) is 6.92 Å². The van der Waals surface area contributed by atoms with Crippen LogP contribution in [0.3, 0.4) is 0 Å². The molecule has 0 aromatic carbocycles. The Bertz CT molecular complexity index is 266. The van der Waals surface area contributed by atoms with E-state index in [9.17, 15) is 4.79 Å². The lowest BCUT2D eigenvalue weighted by Gasteiger charge is -2.36. The topological polar surface area (TPSA) is 44.4 Å². The van der Waals surface area contributed by atoms with E-state index >= 15 is 0 Å². The van der Waals surface area contributed by atoms with E-state index in [2.05, 4.69) is 29.4 Å². The van der Waals surface area contributed by atoms with E-state index in [0.717, 1.165) is 0 Å². The van der Waals surface area contributed by atoms with Crippen LogP contribution in [0.2, 0.25) is 0 Å². The molecule has 4 heteroatoms. The van der Waals surface area contributed by atoms with Gasteiger partial charge < -0.3 is 15.5 Å². The molecule has 0 aromatic heterocycles. The highest BCUT2D eigenvalue weighted by Crippen LogP contribution is 2.19. The molecule has 0 aliphatic carbocycles. The minimum Gasteiger partial charge on any atom is -0.353 e. The number of piperidine rings is 1. The molecule has 1 rings (SSSR count). The van der Waals surface area contributed by atoms with Crippen LogP contribution in [-0.4, -0.2) is 49.1 Å². The molecule has 1 aliphatic rings. The summed E-state index contributed by atoms with van der Waals surface area (Å²) in [4.78, 5) is 14.2. The number of hydrogen-bond donors (Lipinski definition) is 2. The minimum atomic E-state index is 0.100. The highest BCUT2D eigenvalue weighted by atomic mass is 16.1. The van der Waals surface area contributed by atoms with Crippen LogP contribution in [0.1, 0.15) is 47.0 Å². The van der Waals surface area contributed by atoms with Gasteiger partial charge >= 0.3 is 0 Å². The third-order valence-electron chi connectivity index (χ3n) is 3.82. The molecule has 4 nitrogen and oxygen atoms in total. The first-order valence-corrected chi connectivity index (χ1v) is 7.78. The van der Waals surface area contributed by atoms with Crippen molar-refractivity contribution >= 4 is 5.91 Å². The molecule has 1 fully saturated rings. The van der Waals surface area contributed by atoms with E-state index in [-0.39, 0.29) is 11.9 Å². The number of rotatable bonds is 7. The van der Waals surface area contributed by atoms with Crippen molar-refractivity contribution in [1.82, 2.24) is 15.5 Å². The predicted octanol–water partition coefficient (Wildman–Crippen LogP) is 1.61. The molecule has 0 spiro atoms. The van der Waals surface area contributed by atoms with Crippen molar-refractivity contribution < 1.29 is 4.79 Å². The number of nitrogens with zero attached hydrogens (tertiary/aromatic N) is 1. The zero-order valence-corrected chi connectivity index (χ0v) is 13.0. The molecule has 1 amide bonds. The molecule has 19 heavy (non-hydrogen) atoms. The van der Waals surface area contributed by atoms with E-state index < -0.39 is 0 Å². The van der Waals surface area contributed by atoms with Crippen LogP contribution in [0.4, 0.5) is 0 Å². The van der Waals surface area contributed by atoms with Gasteiger partial charge in [0.1, 0.15) is 0 Å². The lowest BCUT2D eigenvalue weighted by atomic mass is 9.91. The first-order chi connectivity index (χ1) is 9.02. The van der Waals surface area contributed by atoms with E-state index in [1.807, 2.05) is 13.8 Å². The zero-order chi connectivity index (χ0) is 14.3. The van der Waals surface area contributed by atoms with E-state index in [1.165, 1.54) is 38.9 Å². The van der Waals surface area contributed by atoms with Gasteiger partial charge in [0.05, 0.1) is 6.54 Å². The summed E-state index contributed by atoms with van der Waals surface area (Å²) < 4.78 is 0. The maximum absolute atomic E-state index is 11.6. The molecule has 0 radical (unpaired) electrons. The third-order valence-corrected chi connectivity index (χ3v) is 3.82. The largest absolute Gasteiger partial charge is 0.353 e. The van der Waals surface area contributed by atoms with Gasteiger partial charge in [0, 0.05) is 18.6 Å². The average Bonchev–Trinajstić information content (AvgIpc) is 2.36. The fraction of sp³-hybridized carbons (Fsp3) is 0.933. The molecular formula is C15H31N3O. The van der Waals surface area contributed by atoms with Crippen LogP contribution in [0, 0.1) is 5.92 Å². The van der Waals surface area contributed by atoms with Gasteiger partial charge in [0.15, 0.2) is 0 Å². The highest BCUT2D eigenvalue weighted by molar-refractivity contribution is 5.78. The summed E-state index contributed by atoms with van der Waals surface area (Å²) in [6.45, 7) is 12.5. The Balaban J connectivity index is 2.28. The maximum Gasteiger partial charge on any atom is 0.234 e. The normalized spacial score (nSPS) is 22.5. The first kappa shape index (κ1) is 16.4. The average molecular weight is 269 g/mol. The molecule has 1 heterocycles. The molecular weight excluding hydrogens is 238 g/mol. The van der Waals surface area contributed by atoms with Crippen molar-refractivity contribution in [2.24, 2.45) is 5.92 Å². The van der Waals surface area contributed by atoms with E-state index in [0.29, 0.717) is 18.5 Å². The second-order valence-corrected chi connectivity index (χ2v) is 6.09. The lowest BCUT2D eigenvalue weighted by Crippen LogP contribution is -2.47.